The molecule has 0 saturated carbocycles. The lowest BCUT2D eigenvalue weighted by Gasteiger charge is -2.14. The summed E-state index contributed by atoms with van der Waals surface area (Å²) in [5.74, 6) is 0. The molecule has 1 atom stereocenters. The summed E-state index contributed by atoms with van der Waals surface area (Å²) in [7, 11) is 1.92. The first-order valence-electron chi connectivity index (χ1n) is 6.32. The van der Waals surface area contributed by atoms with Gasteiger partial charge in [0, 0.05) is 37.7 Å². The van der Waals surface area contributed by atoms with Gasteiger partial charge in [-0.2, -0.15) is 5.26 Å². The number of nitriles is 1. The second-order valence-corrected chi connectivity index (χ2v) is 4.69. The van der Waals surface area contributed by atoms with Gasteiger partial charge in [0.15, 0.2) is 0 Å². The molecule has 0 aromatic carbocycles. The third-order valence-corrected chi connectivity index (χ3v) is 3.56. The predicted octanol–water partition coefficient (Wildman–Crippen LogP) is 2.45. The molecule has 0 saturated heterocycles. The molecule has 4 heteroatoms. The lowest BCUT2D eigenvalue weighted by molar-refractivity contribution is 0.572. The topological polar surface area (TPSA) is 53.6 Å². The van der Waals surface area contributed by atoms with Crippen molar-refractivity contribution in [2.45, 2.75) is 26.4 Å². The molecule has 0 aliphatic rings. The van der Waals surface area contributed by atoms with Gasteiger partial charge in [-0.3, -0.25) is 4.98 Å². The van der Waals surface area contributed by atoms with E-state index in [4.69, 9.17) is 5.26 Å². The van der Waals surface area contributed by atoms with E-state index in [0.29, 0.717) is 5.69 Å². The second kappa shape index (κ2) is 5.68. The lowest BCUT2D eigenvalue weighted by atomic mass is 10.1. The Morgan fingerprint density at radius 1 is 1.42 bits per heavy atom. The van der Waals surface area contributed by atoms with Crippen molar-refractivity contribution in [3.8, 4) is 6.07 Å². The zero-order chi connectivity index (χ0) is 13.8. The Hall–Kier alpha value is -2.12. The van der Waals surface area contributed by atoms with E-state index in [-0.39, 0.29) is 6.04 Å². The van der Waals surface area contributed by atoms with Gasteiger partial charge in [0.25, 0.3) is 0 Å². The fourth-order valence-electron chi connectivity index (χ4n) is 2.08. The summed E-state index contributed by atoms with van der Waals surface area (Å²) in [6.45, 7) is 4.92. The standard InChI is InChI=1S/C15H18N4/c1-11(13-4-6-17-7-5-13)18-10-14-8-15(9-16)19(3)12(14)2/h4-8,11,18H,10H2,1-3H3/t11-/m0/s1. The maximum atomic E-state index is 9.01. The summed E-state index contributed by atoms with van der Waals surface area (Å²) in [4.78, 5) is 4.02. The second-order valence-electron chi connectivity index (χ2n) is 4.69. The summed E-state index contributed by atoms with van der Waals surface area (Å²) in [6.07, 6.45) is 3.60. The summed E-state index contributed by atoms with van der Waals surface area (Å²) >= 11 is 0. The van der Waals surface area contributed by atoms with Gasteiger partial charge in [0.1, 0.15) is 11.8 Å². The highest BCUT2D eigenvalue weighted by Gasteiger charge is 2.10. The molecule has 2 rings (SSSR count). The van der Waals surface area contributed by atoms with E-state index in [2.05, 4.69) is 23.3 Å². The summed E-state index contributed by atoms with van der Waals surface area (Å²) in [6, 6.07) is 8.43. The highest BCUT2D eigenvalue weighted by atomic mass is 15.0. The normalized spacial score (nSPS) is 12.1. The van der Waals surface area contributed by atoms with Gasteiger partial charge in [0.2, 0.25) is 0 Å². The van der Waals surface area contributed by atoms with Crippen molar-refractivity contribution in [1.29, 1.82) is 5.26 Å². The fourth-order valence-corrected chi connectivity index (χ4v) is 2.08. The maximum absolute atomic E-state index is 9.01. The Kier molecular flexibility index (Phi) is 3.98. The van der Waals surface area contributed by atoms with Gasteiger partial charge in [0.05, 0.1) is 0 Å². The highest BCUT2D eigenvalue weighted by Crippen LogP contribution is 2.16. The van der Waals surface area contributed by atoms with Crippen LogP contribution in [-0.4, -0.2) is 9.55 Å². The van der Waals surface area contributed by atoms with E-state index >= 15 is 0 Å². The van der Waals surface area contributed by atoms with Crippen LogP contribution in [-0.2, 0) is 13.6 Å². The van der Waals surface area contributed by atoms with E-state index in [1.165, 1.54) is 11.1 Å². The minimum atomic E-state index is 0.258. The smallest absolute Gasteiger partial charge is 0.120 e. The zero-order valence-corrected chi connectivity index (χ0v) is 11.5. The highest BCUT2D eigenvalue weighted by molar-refractivity contribution is 5.34. The monoisotopic (exact) mass is 254 g/mol. The fraction of sp³-hybridized carbons (Fsp3) is 0.333. The molecule has 0 unspecified atom stereocenters. The van der Waals surface area contributed by atoms with E-state index in [1.807, 2.05) is 36.7 Å². The Balaban J connectivity index is 2.06. The minimum Gasteiger partial charge on any atom is -0.340 e. The molecular formula is C15H18N4. The quantitative estimate of drug-likeness (QED) is 0.911. The molecule has 2 aromatic heterocycles. The van der Waals surface area contributed by atoms with Crippen molar-refractivity contribution in [3.63, 3.8) is 0 Å². The third-order valence-electron chi connectivity index (χ3n) is 3.56. The SMILES string of the molecule is Cc1c(CN[C@@H](C)c2ccncc2)cc(C#N)n1C. The van der Waals surface area contributed by atoms with Crippen molar-refractivity contribution in [2.75, 3.05) is 0 Å². The van der Waals surface area contributed by atoms with Crippen molar-refractivity contribution >= 4 is 0 Å². The van der Waals surface area contributed by atoms with E-state index in [1.54, 1.807) is 12.4 Å². The molecule has 1 N–H and O–H groups in total. The van der Waals surface area contributed by atoms with Crippen LogP contribution in [0.25, 0.3) is 0 Å². The zero-order valence-electron chi connectivity index (χ0n) is 11.5. The van der Waals surface area contributed by atoms with Gasteiger partial charge in [-0.15, -0.1) is 0 Å². The summed E-state index contributed by atoms with van der Waals surface area (Å²) < 4.78 is 1.92. The molecular weight excluding hydrogens is 236 g/mol. The van der Waals surface area contributed by atoms with Crippen LogP contribution in [0.3, 0.4) is 0 Å². The van der Waals surface area contributed by atoms with Gasteiger partial charge >= 0.3 is 0 Å². The van der Waals surface area contributed by atoms with Gasteiger partial charge in [-0.05, 0) is 43.2 Å². The average Bonchev–Trinajstić information content (AvgIpc) is 2.73. The number of hydrogen-bond acceptors (Lipinski definition) is 3. The van der Waals surface area contributed by atoms with Gasteiger partial charge in [-0.1, -0.05) is 0 Å². The number of nitrogens with one attached hydrogen (secondary N) is 1. The maximum Gasteiger partial charge on any atom is 0.120 e. The summed E-state index contributed by atoms with van der Waals surface area (Å²) in [5.41, 5.74) is 4.21. The first kappa shape index (κ1) is 13.3. The predicted molar refractivity (Wildman–Crippen MR) is 74.4 cm³/mol. The molecule has 2 heterocycles. The van der Waals surface area contributed by atoms with Crippen LogP contribution < -0.4 is 5.32 Å². The lowest BCUT2D eigenvalue weighted by Crippen LogP contribution is -2.18. The van der Waals surface area contributed by atoms with Crippen LogP contribution in [0.1, 0.15) is 35.5 Å². The largest absolute Gasteiger partial charge is 0.340 e. The molecule has 19 heavy (non-hydrogen) atoms. The third kappa shape index (κ3) is 2.83. The molecule has 4 nitrogen and oxygen atoms in total. The first-order valence-corrected chi connectivity index (χ1v) is 6.32. The van der Waals surface area contributed by atoms with Gasteiger partial charge in [-0.25, -0.2) is 0 Å². The molecule has 2 aromatic rings. The molecule has 0 aliphatic carbocycles. The molecule has 0 aliphatic heterocycles. The average molecular weight is 254 g/mol. The number of nitrogens with zero attached hydrogens (tertiary/aromatic N) is 3. The molecule has 0 fully saturated rings. The number of hydrogen-bond donors (Lipinski definition) is 1. The molecule has 0 bridgehead atoms. The van der Waals surface area contributed by atoms with Crippen molar-refractivity contribution in [3.05, 3.63) is 53.1 Å². The van der Waals surface area contributed by atoms with Crippen LogP contribution in [0.4, 0.5) is 0 Å². The van der Waals surface area contributed by atoms with Gasteiger partial charge < -0.3 is 9.88 Å². The molecule has 0 amide bonds. The molecule has 98 valence electrons. The minimum absolute atomic E-state index is 0.258. The Bertz CT molecular complexity index is 593. The Labute approximate surface area is 113 Å². The molecule has 0 radical (unpaired) electrons. The number of rotatable bonds is 4. The Morgan fingerprint density at radius 2 is 2.11 bits per heavy atom. The van der Waals surface area contributed by atoms with Crippen LogP contribution >= 0.6 is 0 Å². The molecule has 0 spiro atoms. The van der Waals surface area contributed by atoms with Crippen LogP contribution in [0, 0.1) is 18.3 Å². The van der Waals surface area contributed by atoms with Crippen LogP contribution in [0.2, 0.25) is 0 Å². The van der Waals surface area contributed by atoms with Crippen molar-refractivity contribution < 1.29 is 0 Å². The Morgan fingerprint density at radius 3 is 2.68 bits per heavy atom. The van der Waals surface area contributed by atoms with E-state index in [0.717, 1.165) is 12.2 Å². The van der Waals surface area contributed by atoms with E-state index in [9.17, 15) is 0 Å². The summed E-state index contributed by atoms with van der Waals surface area (Å²) in [5, 5.41) is 12.5. The first-order chi connectivity index (χ1) is 9.13. The van der Waals surface area contributed by atoms with Crippen molar-refractivity contribution in [1.82, 2.24) is 14.9 Å². The number of aromatic nitrogens is 2. The number of pyridine rings is 1. The van der Waals surface area contributed by atoms with Crippen LogP contribution in [0.5, 0.6) is 0 Å². The van der Waals surface area contributed by atoms with Crippen LogP contribution in [0.15, 0.2) is 30.6 Å². The van der Waals surface area contributed by atoms with E-state index < -0.39 is 0 Å². The van der Waals surface area contributed by atoms with Crippen molar-refractivity contribution in [2.24, 2.45) is 7.05 Å².